The lowest BCUT2D eigenvalue weighted by Gasteiger charge is -2.06. The van der Waals surface area contributed by atoms with Crippen molar-refractivity contribution in [1.29, 1.82) is 0 Å². The number of anilines is 1. The highest BCUT2D eigenvalue weighted by Crippen LogP contribution is 2.29. The molecular formula is C23H23IN2S. The first-order valence-electron chi connectivity index (χ1n) is 9.02. The standard InChI is InChI=1S/C23H22N2S.HI/c1-4-25-22(15-17(3)24-19-12-9-16(2)10-13-19)26-21-14-11-18-7-5-6-8-20(18)23(21)25;/h5-15H,4H2,1-3H3;1H. The maximum absolute atomic E-state index is 3.50. The molecule has 0 spiro atoms. The lowest BCUT2D eigenvalue weighted by molar-refractivity contribution is -0.664. The van der Waals surface area contributed by atoms with E-state index in [1.165, 1.54) is 31.6 Å². The van der Waals surface area contributed by atoms with Crippen LogP contribution in [0.15, 0.2) is 66.4 Å². The van der Waals surface area contributed by atoms with Gasteiger partial charge in [0.1, 0.15) is 11.2 Å². The molecule has 4 aromatic rings. The zero-order chi connectivity index (χ0) is 18.1. The van der Waals surface area contributed by atoms with E-state index >= 15 is 0 Å². The molecular weight excluding hydrogens is 463 g/mol. The summed E-state index contributed by atoms with van der Waals surface area (Å²) in [6.45, 7) is 7.41. The van der Waals surface area contributed by atoms with E-state index < -0.39 is 0 Å². The predicted octanol–water partition coefficient (Wildman–Crippen LogP) is 3.15. The van der Waals surface area contributed by atoms with Crippen LogP contribution in [0.4, 0.5) is 5.69 Å². The number of hydrogen-bond acceptors (Lipinski definition) is 2. The average molecular weight is 486 g/mol. The van der Waals surface area contributed by atoms with Crippen molar-refractivity contribution in [2.75, 3.05) is 5.32 Å². The highest BCUT2D eigenvalue weighted by molar-refractivity contribution is 7.19. The van der Waals surface area contributed by atoms with E-state index in [1.54, 1.807) is 0 Å². The van der Waals surface area contributed by atoms with Crippen LogP contribution in [-0.4, -0.2) is 0 Å². The highest BCUT2D eigenvalue weighted by Gasteiger charge is 2.20. The Balaban J connectivity index is 0.00000210. The molecule has 0 amide bonds. The Kier molecular flexibility index (Phi) is 6.17. The molecule has 0 aliphatic heterocycles. The summed E-state index contributed by atoms with van der Waals surface area (Å²) in [7, 11) is 0. The summed E-state index contributed by atoms with van der Waals surface area (Å²) in [5, 5.41) is 7.40. The van der Waals surface area contributed by atoms with Gasteiger partial charge in [-0.15, -0.1) is 0 Å². The molecule has 27 heavy (non-hydrogen) atoms. The minimum atomic E-state index is 0. The number of fused-ring (bicyclic) bond motifs is 3. The van der Waals surface area contributed by atoms with Crippen molar-refractivity contribution in [2.24, 2.45) is 0 Å². The Morgan fingerprint density at radius 1 is 1.04 bits per heavy atom. The van der Waals surface area contributed by atoms with Crippen LogP contribution in [0.25, 0.3) is 27.1 Å². The number of nitrogens with one attached hydrogen (secondary N) is 1. The van der Waals surface area contributed by atoms with Gasteiger partial charge in [-0.25, -0.2) is 0 Å². The van der Waals surface area contributed by atoms with Crippen molar-refractivity contribution >= 4 is 44.1 Å². The lowest BCUT2D eigenvalue weighted by atomic mass is 10.1. The van der Waals surface area contributed by atoms with Crippen LogP contribution in [0.3, 0.4) is 0 Å². The Morgan fingerprint density at radius 3 is 2.52 bits per heavy atom. The molecule has 138 valence electrons. The summed E-state index contributed by atoms with van der Waals surface area (Å²) in [6, 6.07) is 21.6. The van der Waals surface area contributed by atoms with Crippen molar-refractivity contribution in [2.45, 2.75) is 27.3 Å². The molecule has 0 unspecified atom stereocenters. The molecule has 4 heteroatoms. The molecule has 0 aliphatic rings. The van der Waals surface area contributed by atoms with Crippen LogP contribution in [0.2, 0.25) is 0 Å². The largest absolute Gasteiger partial charge is 1.00 e. The number of thiazole rings is 1. The van der Waals surface area contributed by atoms with Gasteiger partial charge in [-0.1, -0.05) is 53.3 Å². The Labute approximate surface area is 181 Å². The van der Waals surface area contributed by atoms with E-state index in [-0.39, 0.29) is 24.0 Å². The summed E-state index contributed by atoms with van der Waals surface area (Å²) >= 11 is 1.85. The fourth-order valence-corrected chi connectivity index (χ4v) is 4.63. The van der Waals surface area contributed by atoms with E-state index in [0.717, 1.165) is 17.9 Å². The monoisotopic (exact) mass is 486 g/mol. The van der Waals surface area contributed by atoms with Crippen LogP contribution < -0.4 is 33.9 Å². The first-order chi connectivity index (χ1) is 12.7. The van der Waals surface area contributed by atoms with E-state index in [4.69, 9.17) is 0 Å². The first-order valence-corrected chi connectivity index (χ1v) is 9.83. The van der Waals surface area contributed by atoms with Gasteiger partial charge in [0, 0.05) is 17.5 Å². The Bertz CT molecular complexity index is 1110. The van der Waals surface area contributed by atoms with Gasteiger partial charge < -0.3 is 29.3 Å². The van der Waals surface area contributed by atoms with Gasteiger partial charge in [-0.2, -0.15) is 4.57 Å². The van der Waals surface area contributed by atoms with Crippen LogP contribution >= 0.6 is 11.3 Å². The number of halogens is 1. The van der Waals surface area contributed by atoms with Gasteiger partial charge in [0.15, 0.2) is 0 Å². The van der Waals surface area contributed by atoms with Crippen molar-refractivity contribution in [3.05, 3.63) is 76.9 Å². The molecule has 4 rings (SSSR count). The number of allylic oxidation sites excluding steroid dienone is 1. The second kappa shape index (κ2) is 8.40. The molecule has 1 N–H and O–H groups in total. The Hall–Kier alpha value is -1.92. The number of aromatic nitrogens is 1. The van der Waals surface area contributed by atoms with Crippen molar-refractivity contribution in [3.8, 4) is 0 Å². The van der Waals surface area contributed by atoms with Crippen molar-refractivity contribution < 1.29 is 28.5 Å². The second-order valence-corrected chi connectivity index (χ2v) is 7.70. The SMILES string of the molecule is CC[n+]1c(C=C(C)Nc2ccc(C)cc2)sc2ccc3ccccc3c21.[I-]. The smallest absolute Gasteiger partial charge is 0.264 e. The second-order valence-electron chi connectivity index (χ2n) is 6.64. The third kappa shape index (κ3) is 4.01. The molecule has 2 nitrogen and oxygen atoms in total. The molecule has 0 atom stereocenters. The maximum atomic E-state index is 3.50. The van der Waals surface area contributed by atoms with Gasteiger partial charge in [-0.3, -0.25) is 0 Å². The molecule has 0 aliphatic carbocycles. The van der Waals surface area contributed by atoms with E-state index in [0.29, 0.717) is 0 Å². The molecule has 0 fully saturated rings. The van der Waals surface area contributed by atoms with Crippen molar-refractivity contribution in [1.82, 2.24) is 0 Å². The molecule has 0 saturated heterocycles. The molecule has 3 aromatic carbocycles. The third-order valence-corrected chi connectivity index (χ3v) is 5.76. The van der Waals surface area contributed by atoms with Gasteiger partial charge >= 0.3 is 0 Å². The molecule has 0 bridgehead atoms. The van der Waals surface area contributed by atoms with E-state index in [9.17, 15) is 0 Å². The molecule has 1 heterocycles. The Morgan fingerprint density at radius 2 is 1.78 bits per heavy atom. The van der Waals surface area contributed by atoms with Crippen LogP contribution in [0, 0.1) is 6.92 Å². The van der Waals surface area contributed by atoms with Crippen LogP contribution in [-0.2, 0) is 6.54 Å². The van der Waals surface area contributed by atoms with E-state index in [1.807, 2.05) is 11.3 Å². The van der Waals surface area contributed by atoms with Gasteiger partial charge in [0.25, 0.3) is 5.01 Å². The molecule has 0 saturated carbocycles. The summed E-state index contributed by atoms with van der Waals surface area (Å²) < 4.78 is 3.75. The summed E-state index contributed by atoms with van der Waals surface area (Å²) in [4.78, 5) is 0. The van der Waals surface area contributed by atoms with Crippen LogP contribution in [0.5, 0.6) is 0 Å². The first kappa shape index (κ1) is 19.8. The van der Waals surface area contributed by atoms with E-state index in [2.05, 4.69) is 97.4 Å². The highest BCUT2D eigenvalue weighted by atomic mass is 127. The fraction of sp³-hybridized carbons (Fsp3) is 0.174. The summed E-state index contributed by atoms with van der Waals surface area (Å²) in [5.74, 6) is 0. The van der Waals surface area contributed by atoms with Crippen molar-refractivity contribution in [3.63, 3.8) is 0 Å². The molecule has 0 radical (unpaired) electrons. The average Bonchev–Trinajstić information content (AvgIpc) is 3.01. The molecule has 1 aromatic heterocycles. The topological polar surface area (TPSA) is 15.9 Å². The zero-order valence-electron chi connectivity index (χ0n) is 15.8. The number of hydrogen-bond donors (Lipinski definition) is 1. The number of nitrogens with zero attached hydrogens (tertiary/aromatic N) is 1. The quantitative estimate of drug-likeness (QED) is 0.346. The minimum absolute atomic E-state index is 0. The number of rotatable bonds is 4. The predicted molar refractivity (Wildman–Crippen MR) is 114 cm³/mol. The lowest BCUT2D eigenvalue weighted by Crippen LogP contribution is -3.00. The summed E-state index contributed by atoms with van der Waals surface area (Å²) in [5.41, 5.74) is 4.88. The number of aryl methyl sites for hydroxylation is 2. The number of benzene rings is 3. The van der Waals surface area contributed by atoms with Gasteiger partial charge in [-0.05, 0) is 50.4 Å². The summed E-state index contributed by atoms with van der Waals surface area (Å²) in [6.07, 6.45) is 2.25. The zero-order valence-corrected chi connectivity index (χ0v) is 18.8. The fourth-order valence-electron chi connectivity index (χ4n) is 3.38. The minimum Gasteiger partial charge on any atom is -1.00 e. The van der Waals surface area contributed by atoms with Crippen LogP contribution in [0.1, 0.15) is 24.4 Å². The van der Waals surface area contributed by atoms with Gasteiger partial charge in [0.2, 0.25) is 5.52 Å². The third-order valence-electron chi connectivity index (χ3n) is 4.66. The van der Waals surface area contributed by atoms with Gasteiger partial charge in [0.05, 0.1) is 5.39 Å². The maximum Gasteiger partial charge on any atom is 0.264 e. The normalized spacial score (nSPS) is 11.6.